The molecule has 1 fully saturated rings. The Bertz CT molecular complexity index is 455. The normalized spacial score (nSPS) is 15.8. The lowest BCUT2D eigenvalue weighted by Gasteiger charge is -2.21. The van der Waals surface area contributed by atoms with E-state index in [4.69, 9.17) is 9.84 Å². The number of aromatic nitrogens is 1. The van der Waals surface area contributed by atoms with Crippen molar-refractivity contribution in [3.63, 3.8) is 0 Å². The fourth-order valence-corrected chi connectivity index (χ4v) is 2.05. The second-order valence-electron chi connectivity index (χ2n) is 5.98. The van der Waals surface area contributed by atoms with E-state index in [0.717, 1.165) is 0 Å². The Kier molecular flexibility index (Phi) is 5.56. The number of nitrogens with zero attached hydrogens (tertiary/aromatic N) is 1. The van der Waals surface area contributed by atoms with Crippen LogP contribution in [0.25, 0.3) is 0 Å². The van der Waals surface area contributed by atoms with Crippen LogP contribution >= 0.6 is 0 Å². The van der Waals surface area contributed by atoms with E-state index >= 15 is 0 Å². The second kappa shape index (κ2) is 7.41. The van der Waals surface area contributed by atoms with Crippen molar-refractivity contribution in [1.29, 1.82) is 0 Å². The molecule has 1 aliphatic rings. The van der Waals surface area contributed by atoms with E-state index < -0.39 is 0 Å². The second-order valence-corrected chi connectivity index (χ2v) is 5.98. The van der Waals surface area contributed by atoms with Crippen molar-refractivity contribution in [2.45, 2.75) is 39.2 Å². The lowest BCUT2D eigenvalue weighted by atomic mass is 10.0. The number of nitrogens with one attached hydrogen (secondary N) is 1. The predicted molar refractivity (Wildman–Crippen MR) is 80.3 cm³/mol. The third-order valence-electron chi connectivity index (χ3n) is 3.72. The van der Waals surface area contributed by atoms with Gasteiger partial charge in [0.15, 0.2) is 0 Å². The maximum atomic E-state index is 12.1. The fraction of sp³-hybridized carbons (Fsp3) is 0.625. The maximum absolute atomic E-state index is 12.1. The van der Waals surface area contributed by atoms with E-state index in [2.05, 4.69) is 10.3 Å². The minimum Gasteiger partial charge on any atom is -0.477 e. The SMILES string of the molecule is CC(C)C(CCO)NC(=O)c1ccc(OCC2CC2)nc1. The Hall–Kier alpha value is -1.62. The number of hydrogen-bond acceptors (Lipinski definition) is 4. The molecule has 21 heavy (non-hydrogen) atoms. The zero-order valence-corrected chi connectivity index (χ0v) is 12.7. The van der Waals surface area contributed by atoms with E-state index in [0.29, 0.717) is 30.4 Å². The lowest BCUT2D eigenvalue weighted by Crippen LogP contribution is -2.39. The number of carbonyl (C=O) groups excluding carboxylic acids is 1. The molecular weight excluding hydrogens is 268 g/mol. The van der Waals surface area contributed by atoms with Crippen molar-refractivity contribution >= 4 is 5.91 Å². The Labute approximate surface area is 125 Å². The van der Waals surface area contributed by atoms with E-state index in [1.54, 1.807) is 12.1 Å². The summed E-state index contributed by atoms with van der Waals surface area (Å²) in [6, 6.07) is 3.42. The molecule has 1 aliphatic carbocycles. The highest BCUT2D eigenvalue weighted by molar-refractivity contribution is 5.94. The van der Waals surface area contributed by atoms with Crippen LogP contribution in [-0.2, 0) is 0 Å². The van der Waals surface area contributed by atoms with Gasteiger partial charge >= 0.3 is 0 Å². The van der Waals surface area contributed by atoms with E-state index in [1.807, 2.05) is 13.8 Å². The van der Waals surface area contributed by atoms with Gasteiger partial charge in [0.25, 0.3) is 5.91 Å². The molecule has 0 spiro atoms. The molecule has 5 heteroatoms. The Balaban J connectivity index is 1.88. The number of carbonyl (C=O) groups is 1. The van der Waals surface area contributed by atoms with Gasteiger partial charge in [-0.05, 0) is 37.2 Å². The number of ether oxygens (including phenoxy) is 1. The first-order chi connectivity index (χ1) is 10.1. The molecule has 1 saturated carbocycles. The molecule has 116 valence electrons. The lowest BCUT2D eigenvalue weighted by molar-refractivity contribution is 0.0916. The molecule has 2 rings (SSSR count). The number of rotatable bonds is 8. The summed E-state index contributed by atoms with van der Waals surface area (Å²) in [5, 5.41) is 12.0. The van der Waals surface area contributed by atoms with Gasteiger partial charge in [0, 0.05) is 24.9 Å². The molecule has 1 aromatic heterocycles. The van der Waals surface area contributed by atoms with Gasteiger partial charge in [-0.15, -0.1) is 0 Å². The number of pyridine rings is 1. The smallest absolute Gasteiger partial charge is 0.253 e. The molecule has 0 bridgehead atoms. The molecule has 0 radical (unpaired) electrons. The topological polar surface area (TPSA) is 71.5 Å². The average molecular weight is 292 g/mol. The molecule has 1 atom stereocenters. The van der Waals surface area contributed by atoms with Crippen molar-refractivity contribution < 1.29 is 14.6 Å². The zero-order valence-electron chi connectivity index (χ0n) is 12.7. The summed E-state index contributed by atoms with van der Waals surface area (Å²) >= 11 is 0. The number of hydrogen-bond donors (Lipinski definition) is 2. The van der Waals surface area contributed by atoms with Crippen LogP contribution in [-0.4, -0.2) is 35.3 Å². The number of amides is 1. The summed E-state index contributed by atoms with van der Waals surface area (Å²) in [5.41, 5.74) is 0.511. The van der Waals surface area contributed by atoms with Gasteiger partial charge in [-0.1, -0.05) is 13.8 Å². The highest BCUT2D eigenvalue weighted by Gasteiger charge is 2.22. The van der Waals surface area contributed by atoms with Crippen LogP contribution < -0.4 is 10.1 Å². The molecule has 0 aliphatic heterocycles. The van der Waals surface area contributed by atoms with E-state index in [-0.39, 0.29) is 24.5 Å². The van der Waals surface area contributed by atoms with Gasteiger partial charge in [0.05, 0.1) is 12.2 Å². The molecule has 2 N–H and O–H groups in total. The maximum Gasteiger partial charge on any atom is 0.253 e. The quantitative estimate of drug-likeness (QED) is 0.769. The van der Waals surface area contributed by atoms with Crippen LogP contribution in [0.15, 0.2) is 18.3 Å². The first-order valence-electron chi connectivity index (χ1n) is 7.60. The van der Waals surface area contributed by atoms with Gasteiger partial charge in [-0.2, -0.15) is 0 Å². The number of aliphatic hydroxyl groups is 1. The summed E-state index contributed by atoms with van der Waals surface area (Å²) in [5.74, 6) is 1.35. The summed E-state index contributed by atoms with van der Waals surface area (Å²) in [6.07, 6.45) is 4.57. The van der Waals surface area contributed by atoms with Crippen LogP contribution in [0.3, 0.4) is 0 Å². The molecule has 5 nitrogen and oxygen atoms in total. The van der Waals surface area contributed by atoms with Gasteiger partial charge in [0.1, 0.15) is 0 Å². The summed E-state index contributed by atoms with van der Waals surface area (Å²) in [7, 11) is 0. The van der Waals surface area contributed by atoms with E-state index in [9.17, 15) is 4.79 Å². The molecule has 1 amide bonds. The van der Waals surface area contributed by atoms with Crippen LogP contribution in [0.5, 0.6) is 5.88 Å². The minimum absolute atomic E-state index is 0.0340. The van der Waals surface area contributed by atoms with Gasteiger partial charge in [-0.3, -0.25) is 4.79 Å². The standard InChI is InChI=1S/C16H24N2O3/c1-11(2)14(7-8-19)18-16(20)13-5-6-15(17-9-13)21-10-12-3-4-12/h5-6,9,11-12,14,19H,3-4,7-8,10H2,1-2H3,(H,18,20). The Morgan fingerprint density at radius 2 is 2.24 bits per heavy atom. The van der Waals surface area contributed by atoms with Crippen LogP contribution in [0.1, 0.15) is 43.5 Å². The zero-order chi connectivity index (χ0) is 15.2. The molecular formula is C16H24N2O3. The highest BCUT2D eigenvalue weighted by Crippen LogP contribution is 2.29. The third kappa shape index (κ3) is 5.01. The number of aliphatic hydroxyl groups excluding tert-OH is 1. The summed E-state index contributed by atoms with van der Waals surface area (Å²) in [4.78, 5) is 16.3. The van der Waals surface area contributed by atoms with Gasteiger partial charge < -0.3 is 15.2 Å². The first-order valence-corrected chi connectivity index (χ1v) is 7.60. The van der Waals surface area contributed by atoms with Crippen LogP contribution in [0.2, 0.25) is 0 Å². The Morgan fingerprint density at radius 3 is 2.76 bits per heavy atom. The monoisotopic (exact) mass is 292 g/mol. The van der Waals surface area contributed by atoms with Crippen molar-refractivity contribution in [3.05, 3.63) is 23.9 Å². The van der Waals surface area contributed by atoms with Crippen LogP contribution in [0, 0.1) is 11.8 Å². The van der Waals surface area contributed by atoms with Crippen molar-refractivity contribution in [1.82, 2.24) is 10.3 Å². The van der Waals surface area contributed by atoms with E-state index in [1.165, 1.54) is 19.0 Å². The largest absolute Gasteiger partial charge is 0.477 e. The summed E-state index contributed by atoms with van der Waals surface area (Å²) in [6.45, 7) is 4.82. The molecule has 1 heterocycles. The summed E-state index contributed by atoms with van der Waals surface area (Å²) < 4.78 is 5.55. The van der Waals surface area contributed by atoms with Crippen molar-refractivity contribution in [2.24, 2.45) is 11.8 Å². The molecule has 1 unspecified atom stereocenters. The minimum atomic E-state index is -0.164. The van der Waals surface area contributed by atoms with Gasteiger partial charge in [-0.25, -0.2) is 4.98 Å². The average Bonchev–Trinajstić information content (AvgIpc) is 3.29. The predicted octanol–water partition coefficient (Wildman–Crippen LogP) is 2.01. The van der Waals surface area contributed by atoms with Crippen molar-refractivity contribution in [2.75, 3.05) is 13.2 Å². The highest BCUT2D eigenvalue weighted by atomic mass is 16.5. The molecule has 1 aromatic rings. The van der Waals surface area contributed by atoms with Crippen molar-refractivity contribution in [3.8, 4) is 5.88 Å². The third-order valence-corrected chi connectivity index (χ3v) is 3.72. The fourth-order valence-electron chi connectivity index (χ4n) is 2.05. The Morgan fingerprint density at radius 1 is 1.48 bits per heavy atom. The molecule has 0 aromatic carbocycles. The van der Waals surface area contributed by atoms with Gasteiger partial charge in [0.2, 0.25) is 5.88 Å². The molecule has 0 saturated heterocycles. The first kappa shape index (κ1) is 15.8. The van der Waals surface area contributed by atoms with Crippen LogP contribution in [0.4, 0.5) is 0 Å².